The molecule has 3 atom stereocenters. The standard InChI is InChI=1S/C23H17ClN2O4/c24-19-9-8-13(26(29)30)11-17(19)22-18-10-12-4-1-2-5-14(12)20(18)15-6-3-7-16(23(27)28)21(15)25-22/h1-9,11,18,20,22,25H,10H2,(H,27,28)/t18-,20+,22+/m0/s1. The first-order valence-corrected chi connectivity index (χ1v) is 9.98. The van der Waals surface area contributed by atoms with Gasteiger partial charge in [-0.15, -0.1) is 0 Å². The van der Waals surface area contributed by atoms with Crippen LogP contribution in [0.1, 0.15) is 44.6 Å². The predicted octanol–water partition coefficient (Wildman–Crippen LogP) is 5.42. The molecule has 3 aromatic carbocycles. The number of anilines is 1. The van der Waals surface area contributed by atoms with Gasteiger partial charge in [0.25, 0.3) is 5.69 Å². The van der Waals surface area contributed by atoms with Crippen LogP contribution in [-0.4, -0.2) is 16.0 Å². The number of nitro benzene ring substituents is 1. The Hall–Kier alpha value is -3.38. The minimum absolute atomic E-state index is 0.0166. The summed E-state index contributed by atoms with van der Waals surface area (Å²) in [6.07, 6.45) is 0.772. The van der Waals surface area contributed by atoms with Crippen LogP contribution in [0.2, 0.25) is 5.02 Å². The Kier molecular flexibility index (Phi) is 4.25. The Labute approximate surface area is 177 Å². The fourth-order valence-corrected chi connectivity index (χ4v) is 5.19. The molecule has 0 fully saturated rings. The van der Waals surface area contributed by atoms with Gasteiger partial charge in [0.2, 0.25) is 0 Å². The second-order valence-corrected chi connectivity index (χ2v) is 8.11. The van der Waals surface area contributed by atoms with E-state index in [-0.39, 0.29) is 29.1 Å². The molecule has 0 amide bonds. The van der Waals surface area contributed by atoms with Gasteiger partial charge in [0.15, 0.2) is 0 Å². The van der Waals surface area contributed by atoms with Crippen LogP contribution in [0.25, 0.3) is 0 Å². The van der Waals surface area contributed by atoms with Gasteiger partial charge in [-0.25, -0.2) is 4.79 Å². The summed E-state index contributed by atoms with van der Waals surface area (Å²) in [6.45, 7) is 0. The fourth-order valence-electron chi connectivity index (χ4n) is 4.96. The van der Waals surface area contributed by atoms with Crippen LogP contribution in [0.3, 0.4) is 0 Å². The van der Waals surface area contributed by atoms with E-state index in [1.54, 1.807) is 12.1 Å². The molecule has 0 unspecified atom stereocenters. The zero-order valence-electron chi connectivity index (χ0n) is 15.7. The van der Waals surface area contributed by atoms with Crippen LogP contribution in [0.4, 0.5) is 11.4 Å². The van der Waals surface area contributed by atoms with Gasteiger partial charge in [0.1, 0.15) is 0 Å². The van der Waals surface area contributed by atoms with Crippen molar-refractivity contribution in [2.24, 2.45) is 5.92 Å². The normalized spacial score (nSPS) is 21.2. The van der Waals surface area contributed by atoms with E-state index >= 15 is 0 Å². The molecule has 30 heavy (non-hydrogen) atoms. The summed E-state index contributed by atoms with van der Waals surface area (Å²) in [4.78, 5) is 22.8. The number of nitro groups is 1. The lowest BCUT2D eigenvalue weighted by molar-refractivity contribution is -0.384. The van der Waals surface area contributed by atoms with E-state index in [1.165, 1.54) is 29.3 Å². The van der Waals surface area contributed by atoms with E-state index < -0.39 is 10.9 Å². The summed E-state index contributed by atoms with van der Waals surface area (Å²) in [5.41, 5.74) is 4.61. The molecule has 150 valence electrons. The summed E-state index contributed by atoms with van der Waals surface area (Å²) in [5.74, 6) is -0.983. The summed E-state index contributed by atoms with van der Waals surface area (Å²) in [7, 11) is 0. The molecule has 6 nitrogen and oxygen atoms in total. The van der Waals surface area contributed by atoms with Crippen molar-refractivity contribution in [1.29, 1.82) is 0 Å². The van der Waals surface area contributed by atoms with E-state index in [1.807, 2.05) is 18.2 Å². The molecule has 0 saturated carbocycles. The molecule has 0 aromatic heterocycles. The topological polar surface area (TPSA) is 92.5 Å². The number of para-hydroxylation sites is 1. The summed E-state index contributed by atoms with van der Waals surface area (Å²) in [5, 5.41) is 24.9. The van der Waals surface area contributed by atoms with E-state index in [9.17, 15) is 20.0 Å². The van der Waals surface area contributed by atoms with E-state index in [4.69, 9.17) is 11.6 Å². The molecule has 3 aromatic rings. The lowest BCUT2D eigenvalue weighted by Crippen LogP contribution is -2.31. The van der Waals surface area contributed by atoms with E-state index in [2.05, 4.69) is 17.4 Å². The number of hydrogen-bond donors (Lipinski definition) is 2. The average molecular weight is 421 g/mol. The largest absolute Gasteiger partial charge is 0.478 e. The van der Waals surface area contributed by atoms with Crippen molar-refractivity contribution >= 4 is 28.9 Å². The Morgan fingerprint density at radius 1 is 1.07 bits per heavy atom. The van der Waals surface area contributed by atoms with E-state index in [0.717, 1.165) is 12.0 Å². The van der Waals surface area contributed by atoms with Crippen molar-refractivity contribution in [3.05, 3.63) is 104 Å². The molecular weight excluding hydrogens is 404 g/mol. The molecule has 1 heterocycles. The molecule has 0 bridgehead atoms. The third kappa shape index (κ3) is 2.75. The van der Waals surface area contributed by atoms with Gasteiger partial charge in [-0.1, -0.05) is 48.0 Å². The minimum atomic E-state index is -1.02. The molecule has 1 aliphatic heterocycles. The molecule has 0 saturated heterocycles. The van der Waals surface area contributed by atoms with Gasteiger partial charge in [-0.05, 0) is 41.2 Å². The number of non-ortho nitro benzene ring substituents is 1. The third-order valence-electron chi connectivity index (χ3n) is 6.19. The number of fused-ring (bicyclic) bond motifs is 5. The van der Waals surface area contributed by atoms with Gasteiger partial charge in [-0.2, -0.15) is 0 Å². The second kappa shape index (κ2) is 6.85. The second-order valence-electron chi connectivity index (χ2n) is 7.70. The zero-order chi connectivity index (χ0) is 21.0. The molecule has 2 aliphatic rings. The first-order chi connectivity index (χ1) is 14.5. The number of carboxylic acid groups (broad SMARTS) is 1. The Balaban J connectivity index is 1.74. The molecule has 0 spiro atoms. The first-order valence-electron chi connectivity index (χ1n) is 9.60. The van der Waals surface area contributed by atoms with Crippen molar-refractivity contribution in [2.75, 3.05) is 5.32 Å². The lowest BCUT2D eigenvalue weighted by atomic mass is 9.75. The summed E-state index contributed by atoms with van der Waals surface area (Å²) < 4.78 is 0. The van der Waals surface area contributed by atoms with Crippen LogP contribution in [-0.2, 0) is 6.42 Å². The number of benzene rings is 3. The summed E-state index contributed by atoms with van der Waals surface area (Å²) >= 11 is 6.49. The zero-order valence-corrected chi connectivity index (χ0v) is 16.5. The van der Waals surface area contributed by atoms with Crippen LogP contribution in [0.5, 0.6) is 0 Å². The minimum Gasteiger partial charge on any atom is -0.478 e. The number of hydrogen-bond acceptors (Lipinski definition) is 4. The van der Waals surface area contributed by atoms with Gasteiger partial charge in [0, 0.05) is 28.6 Å². The number of nitrogens with one attached hydrogen (secondary N) is 1. The average Bonchev–Trinajstić information content (AvgIpc) is 3.13. The molecular formula is C23H17ClN2O4. The number of aromatic carboxylic acids is 1. The Morgan fingerprint density at radius 3 is 2.60 bits per heavy atom. The van der Waals surface area contributed by atoms with Crippen LogP contribution < -0.4 is 5.32 Å². The fraction of sp³-hybridized carbons (Fsp3) is 0.174. The summed E-state index contributed by atoms with van der Waals surface area (Å²) in [6, 6.07) is 17.5. The van der Waals surface area contributed by atoms with Crippen molar-refractivity contribution in [3.8, 4) is 0 Å². The number of carboxylic acids is 1. The molecule has 7 heteroatoms. The lowest BCUT2D eigenvalue weighted by Gasteiger charge is -2.38. The number of carbonyl (C=O) groups is 1. The van der Waals surface area contributed by atoms with Crippen molar-refractivity contribution in [1.82, 2.24) is 0 Å². The highest BCUT2D eigenvalue weighted by atomic mass is 35.5. The van der Waals surface area contributed by atoms with Gasteiger partial charge in [-0.3, -0.25) is 10.1 Å². The maximum Gasteiger partial charge on any atom is 0.337 e. The highest BCUT2D eigenvalue weighted by molar-refractivity contribution is 6.31. The van der Waals surface area contributed by atoms with Crippen LogP contribution >= 0.6 is 11.6 Å². The molecule has 5 rings (SSSR count). The highest BCUT2D eigenvalue weighted by Crippen LogP contribution is 2.55. The van der Waals surface area contributed by atoms with Crippen molar-refractivity contribution < 1.29 is 14.8 Å². The van der Waals surface area contributed by atoms with Gasteiger partial charge in [0.05, 0.1) is 22.2 Å². The monoisotopic (exact) mass is 420 g/mol. The van der Waals surface area contributed by atoms with Crippen molar-refractivity contribution in [3.63, 3.8) is 0 Å². The number of rotatable bonds is 3. The molecule has 0 radical (unpaired) electrons. The maximum absolute atomic E-state index is 11.9. The Morgan fingerprint density at radius 2 is 1.83 bits per heavy atom. The first kappa shape index (κ1) is 18.6. The smallest absolute Gasteiger partial charge is 0.337 e. The van der Waals surface area contributed by atoms with E-state index in [0.29, 0.717) is 16.3 Å². The number of halogens is 1. The third-order valence-corrected chi connectivity index (χ3v) is 6.53. The SMILES string of the molecule is O=C(O)c1cccc2c1N[C@H](c1cc([N+](=O)[O-])ccc1Cl)[C@H]1Cc3ccccc3[C@H]21. The van der Waals surface area contributed by atoms with Gasteiger partial charge >= 0.3 is 5.97 Å². The highest BCUT2D eigenvalue weighted by Gasteiger charge is 2.45. The number of nitrogens with zero attached hydrogens (tertiary/aromatic N) is 1. The van der Waals surface area contributed by atoms with Crippen LogP contribution in [0, 0.1) is 16.0 Å². The van der Waals surface area contributed by atoms with Gasteiger partial charge < -0.3 is 10.4 Å². The van der Waals surface area contributed by atoms with Crippen molar-refractivity contribution in [2.45, 2.75) is 18.4 Å². The van der Waals surface area contributed by atoms with Crippen LogP contribution in [0.15, 0.2) is 60.7 Å². The molecule has 1 aliphatic carbocycles. The maximum atomic E-state index is 11.9. The molecule has 2 N–H and O–H groups in total. The quantitative estimate of drug-likeness (QED) is 0.436. The predicted molar refractivity (Wildman–Crippen MR) is 113 cm³/mol. The Bertz CT molecular complexity index is 1210.